The van der Waals surface area contributed by atoms with Crippen molar-refractivity contribution in [3.63, 3.8) is 0 Å². The van der Waals surface area contributed by atoms with Crippen molar-refractivity contribution in [3.8, 4) is 0 Å². The molecular weight excluding hydrogens is 378 g/mol. The van der Waals surface area contributed by atoms with Crippen LogP contribution in [0.2, 0.25) is 0 Å². The predicted molar refractivity (Wildman–Crippen MR) is 119 cm³/mol. The van der Waals surface area contributed by atoms with Crippen LogP contribution >= 0.6 is 0 Å². The van der Waals surface area contributed by atoms with Gasteiger partial charge >= 0.3 is 0 Å². The fourth-order valence-corrected chi connectivity index (χ4v) is 4.01. The second-order valence-electron chi connectivity index (χ2n) is 8.12. The third-order valence-electron chi connectivity index (χ3n) is 5.91. The lowest BCUT2D eigenvalue weighted by molar-refractivity contribution is 0.267. The van der Waals surface area contributed by atoms with Gasteiger partial charge in [-0.2, -0.15) is 5.10 Å². The van der Waals surface area contributed by atoms with Gasteiger partial charge in [0, 0.05) is 38.4 Å². The van der Waals surface area contributed by atoms with Crippen molar-refractivity contribution in [3.05, 3.63) is 29.1 Å². The first-order valence-corrected chi connectivity index (χ1v) is 11.1. The number of nitrogens with one attached hydrogen (secondary N) is 2. The predicted octanol–water partition coefficient (Wildman–Crippen LogP) is 1.55. The Hall–Kier alpha value is -2.42. The summed E-state index contributed by atoms with van der Waals surface area (Å²) in [6, 6.07) is 2.69. The number of rotatable bonds is 9. The lowest BCUT2D eigenvalue weighted by Gasteiger charge is -2.24. The topological polar surface area (TPSA) is 88.2 Å². The Labute approximate surface area is 180 Å². The van der Waals surface area contributed by atoms with Gasteiger partial charge in [0.15, 0.2) is 11.8 Å². The van der Waals surface area contributed by atoms with Crippen LogP contribution in [-0.4, -0.2) is 67.6 Å². The molecule has 0 spiro atoms. The largest absolute Gasteiger partial charge is 0.356 e. The van der Waals surface area contributed by atoms with Gasteiger partial charge in [0.2, 0.25) is 0 Å². The van der Waals surface area contributed by atoms with E-state index in [-0.39, 0.29) is 0 Å². The molecule has 9 heteroatoms. The Kier molecular flexibility index (Phi) is 7.84. The van der Waals surface area contributed by atoms with E-state index in [1.54, 1.807) is 0 Å². The molecule has 30 heavy (non-hydrogen) atoms. The highest BCUT2D eigenvalue weighted by Crippen LogP contribution is 2.15. The van der Waals surface area contributed by atoms with Crippen molar-refractivity contribution >= 4 is 5.96 Å². The van der Waals surface area contributed by atoms with Gasteiger partial charge < -0.3 is 15.2 Å². The maximum atomic E-state index is 4.78. The zero-order valence-electron chi connectivity index (χ0n) is 19.1. The van der Waals surface area contributed by atoms with Crippen molar-refractivity contribution < 1.29 is 0 Å². The van der Waals surface area contributed by atoms with E-state index in [1.807, 2.05) is 25.5 Å². The molecule has 1 aliphatic heterocycles. The van der Waals surface area contributed by atoms with Crippen LogP contribution in [0.1, 0.15) is 49.2 Å². The van der Waals surface area contributed by atoms with Gasteiger partial charge in [-0.05, 0) is 59.2 Å². The van der Waals surface area contributed by atoms with Crippen molar-refractivity contribution in [2.45, 2.75) is 66.1 Å². The van der Waals surface area contributed by atoms with E-state index >= 15 is 0 Å². The third kappa shape index (κ3) is 5.81. The van der Waals surface area contributed by atoms with E-state index in [0.29, 0.717) is 12.6 Å². The highest BCUT2D eigenvalue weighted by molar-refractivity contribution is 5.79. The van der Waals surface area contributed by atoms with E-state index < -0.39 is 0 Å². The molecule has 0 aliphatic carbocycles. The van der Waals surface area contributed by atoms with Gasteiger partial charge in [0.25, 0.3) is 0 Å². The fourth-order valence-electron chi connectivity index (χ4n) is 4.01. The van der Waals surface area contributed by atoms with E-state index in [1.165, 1.54) is 25.1 Å². The number of hydrogen-bond acceptors (Lipinski definition) is 5. The summed E-state index contributed by atoms with van der Waals surface area (Å²) in [5.74, 6) is 2.61. The summed E-state index contributed by atoms with van der Waals surface area (Å²) in [5.41, 5.74) is 2.28. The average molecular weight is 416 g/mol. The van der Waals surface area contributed by atoms with Crippen LogP contribution in [0.15, 0.2) is 11.1 Å². The minimum Gasteiger partial charge on any atom is -0.356 e. The number of hydrogen-bond donors (Lipinski definition) is 2. The maximum Gasteiger partial charge on any atom is 0.191 e. The quantitative estimate of drug-likeness (QED) is 0.367. The van der Waals surface area contributed by atoms with Crippen LogP contribution in [0.4, 0.5) is 0 Å². The van der Waals surface area contributed by atoms with E-state index in [4.69, 9.17) is 4.99 Å². The Balaban J connectivity index is 1.55. The molecule has 1 aliphatic rings. The first kappa shape index (κ1) is 22.3. The van der Waals surface area contributed by atoms with Crippen molar-refractivity contribution in [1.82, 2.24) is 40.1 Å². The Morgan fingerprint density at radius 2 is 2.07 bits per heavy atom. The van der Waals surface area contributed by atoms with Crippen LogP contribution < -0.4 is 10.6 Å². The molecule has 3 rings (SSSR count). The van der Waals surface area contributed by atoms with E-state index in [0.717, 1.165) is 55.9 Å². The molecule has 1 saturated heterocycles. The minimum atomic E-state index is 0.506. The number of aromatic nitrogens is 5. The zero-order chi connectivity index (χ0) is 21.5. The van der Waals surface area contributed by atoms with Gasteiger partial charge in [-0.25, -0.2) is 4.99 Å². The Bertz CT molecular complexity index is 836. The number of likely N-dealkylation sites (N-methyl/N-ethyl adjacent to an activating group) is 1. The first-order chi connectivity index (χ1) is 14.5. The summed E-state index contributed by atoms with van der Waals surface area (Å²) in [7, 11) is 1.98. The number of nitrogens with zero attached hydrogens (tertiary/aromatic N) is 7. The molecular formula is C21H37N9. The van der Waals surface area contributed by atoms with Crippen molar-refractivity contribution in [1.29, 1.82) is 0 Å². The molecule has 1 fully saturated rings. The van der Waals surface area contributed by atoms with Gasteiger partial charge in [-0.3, -0.25) is 9.58 Å². The van der Waals surface area contributed by atoms with Crippen LogP contribution in [0.3, 0.4) is 0 Å². The second-order valence-corrected chi connectivity index (χ2v) is 8.12. The van der Waals surface area contributed by atoms with Gasteiger partial charge in [0.1, 0.15) is 12.4 Å². The number of aryl methyl sites for hydroxylation is 4. The SMILES string of the molecule is CCN1CCCC1CNC(=NCc1nnc(C)n1C)NCCCn1nc(C)cc1C. The van der Waals surface area contributed by atoms with Gasteiger partial charge in [-0.1, -0.05) is 6.92 Å². The maximum absolute atomic E-state index is 4.78. The first-order valence-electron chi connectivity index (χ1n) is 11.1. The molecule has 2 aromatic heterocycles. The minimum absolute atomic E-state index is 0.506. The normalized spacial score (nSPS) is 17.6. The van der Waals surface area contributed by atoms with E-state index in [2.05, 4.69) is 55.4 Å². The second kappa shape index (κ2) is 10.6. The van der Waals surface area contributed by atoms with Gasteiger partial charge in [-0.15, -0.1) is 10.2 Å². The van der Waals surface area contributed by atoms with Crippen molar-refractivity contribution in [2.24, 2.45) is 12.0 Å². The summed E-state index contributed by atoms with van der Waals surface area (Å²) in [6.45, 7) is 13.8. The average Bonchev–Trinajstić information content (AvgIpc) is 3.40. The van der Waals surface area contributed by atoms with Crippen LogP contribution in [0, 0.1) is 20.8 Å². The number of likely N-dealkylation sites (tertiary alicyclic amines) is 1. The molecule has 0 aromatic carbocycles. The Morgan fingerprint density at radius 3 is 2.73 bits per heavy atom. The smallest absolute Gasteiger partial charge is 0.191 e. The highest BCUT2D eigenvalue weighted by Gasteiger charge is 2.22. The summed E-state index contributed by atoms with van der Waals surface area (Å²) in [6.07, 6.45) is 3.51. The third-order valence-corrected chi connectivity index (χ3v) is 5.91. The van der Waals surface area contributed by atoms with E-state index in [9.17, 15) is 0 Å². The standard InChI is InChI=1S/C21H37N9/c1-6-29-11-7-9-19(29)14-23-21(24-15-20-26-25-18(4)28(20)5)22-10-8-12-30-17(3)13-16(2)27-30/h13,19H,6-12,14-15H2,1-5H3,(H2,22,23,24). The molecule has 1 unspecified atom stereocenters. The lowest BCUT2D eigenvalue weighted by atomic mass is 10.2. The molecule has 0 amide bonds. The molecule has 0 bridgehead atoms. The molecule has 0 radical (unpaired) electrons. The molecule has 9 nitrogen and oxygen atoms in total. The zero-order valence-corrected chi connectivity index (χ0v) is 19.1. The number of aliphatic imine (C=N–C) groups is 1. The Morgan fingerprint density at radius 1 is 1.23 bits per heavy atom. The summed E-state index contributed by atoms with van der Waals surface area (Å²) in [4.78, 5) is 7.32. The summed E-state index contributed by atoms with van der Waals surface area (Å²) < 4.78 is 4.06. The monoisotopic (exact) mass is 415 g/mol. The van der Waals surface area contributed by atoms with Crippen LogP contribution in [-0.2, 0) is 20.1 Å². The lowest BCUT2D eigenvalue weighted by Crippen LogP contribution is -2.45. The van der Waals surface area contributed by atoms with Crippen molar-refractivity contribution in [2.75, 3.05) is 26.2 Å². The molecule has 166 valence electrons. The fraction of sp³-hybridized carbons (Fsp3) is 0.714. The molecule has 3 heterocycles. The van der Waals surface area contributed by atoms with Crippen LogP contribution in [0.5, 0.6) is 0 Å². The molecule has 1 atom stereocenters. The summed E-state index contributed by atoms with van der Waals surface area (Å²) in [5, 5.41) is 19.9. The van der Waals surface area contributed by atoms with Crippen LogP contribution in [0.25, 0.3) is 0 Å². The molecule has 0 saturated carbocycles. The number of guanidine groups is 1. The highest BCUT2D eigenvalue weighted by atomic mass is 15.3. The van der Waals surface area contributed by atoms with Gasteiger partial charge in [0.05, 0.1) is 5.69 Å². The molecule has 2 aromatic rings. The molecule has 2 N–H and O–H groups in total. The summed E-state index contributed by atoms with van der Waals surface area (Å²) >= 11 is 0.